The number of aromatic nitrogens is 4. The molecule has 0 radical (unpaired) electrons. The summed E-state index contributed by atoms with van der Waals surface area (Å²) in [4.78, 5) is 12.2. The zero-order valence-corrected chi connectivity index (χ0v) is 18.0. The number of anilines is 2. The minimum atomic E-state index is -4.03. The van der Waals surface area contributed by atoms with Gasteiger partial charge in [-0.05, 0) is 24.3 Å². The fraction of sp³-hybridized carbons (Fsp3) is 0. The molecule has 1 amide bonds. The minimum Gasteiger partial charge on any atom is -0.296 e. The number of hydrogen-bond donors (Lipinski definition) is 2. The summed E-state index contributed by atoms with van der Waals surface area (Å²) in [7, 11) is -4.03. The number of amides is 1. The van der Waals surface area contributed by atoms with Crippen LogP contribution in [0.25, 0.3) is 10.6 Å². The quantitative estimate of drug-likeness (QED) is 0.404. The van der Waals surface area contributed by atoms with E-state index in [2.05, 4.69) is 30.4 Å². The number of rotatable bonds is 6. The van der Waals surface area contributed by atoms with Crippen molar-refractivity contribution in [3.8, 4) is 10.6 Å². The molecule has 0 unspecified atom stereocenters. The van der Waals surface area contributed by atoms with Crippen LogP contribution in [0.3, 0.4) is 0 Å². The minimum absolute atomic E-state index is 0.0394. The maximum Gasteiger partial charge on any atom is 0.293 e. The highest BCUT2D eigenvalue weighted by Crippen LogP contribution is 2.28. The molecular weight excluding hydrogens is 468 g/mol. The molecule has 2 aromatic heterocycles. The predicted octanol–water partition coefficient (Wildman–Crippen LogP) is 3.76. The Bertz CT molecular complexity index is 1290. The molecule has 2 heterocycles. The molecule has 2 aromatic carbocycles. The lowest BCUT2D eigenvalue weighted by Gasteiger charge is -2.01. The standard InChI is InChI=1S/C17H11ClN6O3S3/c18-12-8-6-10(7-9-12)13(25)19-15-21-23-17(29-15)30(26,27)24-16-22-20-14(28-16)11-4-2-1-3-5-11/h1-9H,(H,22,24)(H,19,21,25). The summed E-state index contributed by atoms with van der Waals surface area (Å²) in [5.41, 5.74) is 1.17. The van der Waals surface area contributed by atoms with E-state index in [1.165, 1.54) is 12.1 Å². The Labute approximate surface area is 183 Å². The Kier molecular flexibility index (Phi) is 5.72. The Morgan fingerprint density at radius 2 is 1.57 bits per heavy atom. The van der Waals surface area contributed by atoms with Crippen molar-refractivity contribution >= 4 is 60.5 Å². The van der Waals surface area contributed by atoms with Crippen LogP contribution in [0.5, 0.6) is 0 Å². The zero-order chi connectivity index (χ0) is 21.1. The summed E-state index contributed by atoms with van der Waals surface area (Å²) >= 11 is 7.60. The van der Waals surface area contributed by atoms with Crippen LogP contribution in [0.4, 0.5) is 10.3 Å². The molecule has 4 aromatic rings. The van der Waals surface area contributed by atoms with Crippen LogP contribution in [0, 0.1) is 0 Å². The first-order valence-electron chi connectivity index (χ1n) is 8.23. The molecule has 0 saturated carbocycles. The molecule has 4 rings (SSSR count). The van der Waals surface area contributed by atoms with E-state index in [1.807, 2.05) is 30.3 Å². The van der Waals surface area contributed by atoms with Gasteiger partial charge in [-0.25, -0.2) is 0 Å². The average molecular weight is 479 g/mol. The van der Waals surface area contributed by atoms with Crippen molar-refractivity contribution in [3.05, 3.63) is 65.2 Å². The van der Waals surface area contributed by atoms with Gasteiger partial charge in [0.15, 0.2) is 0 Å². The monoisotopic (exact) mass is 478 g/mol. The molecule has 0 atom stereocenters. The highest BCUT2D eigenvalue weighted by atomic mass is 35.5. The van der Waals surface area contributed by atoms with Gasteiger partial charge in [0.25, 0.3) is 20.3 Å². The highest BCUT2D eigenvalue weighted by molar-refractivity contribution is 7.94. The molecular formula is C17H11ClN6O3S3. The van der Waals surface area contributed by atoms with E-state index in [9.17, 15) is 13.2 Å². The number of halogens is 1. The molecule has 0 spiro atoms. The van der Waals surface area contributed by atoms with Gasteiger partial charge in [-0.1, -0.05) is 64.6 Å². The summed E-state index contributed by atoms with van der Waals surface area (Å²) in [6.07, 6.45) is 0. The summed E-state index contributed by atoms with van der Waals surface area (Å²) in [6, 6.07) is 15.5. The molecule has 0 aliphatic rings. The van der Waals surface area contributed by atoms with Gasteiger partial charge in [-0.2, -0.15) is 8.42 Å². The van der Waals surface area contributed by atoms with Gasteiger partial charge in [0.05, 0.1) is 0 Å². The van der Waals surface area contributed by atoms with Crippen molar-refractivity contribution in [2.75, 3.05) is 10.0 Å². The van der Waals surface area contributed by atoms with Gasteiger partial charge in [0, 0.05) is 16.1 Å². The first-order valence-corrected chi connectivity index (χ1v) is 11.7. The Morgan fingerprint density at radius 3 is 2.30 bits per heavy atom. The molecule has 0 fully saturated rings. The number of benzene rings is 2. The third kappa shape index (κ3) is 4.62. The second-order valence-corrected chi connectivity index (χ2v) is 9.97. The van der Waals surface area contributed by atoms with E-state index in [-0.39, 0.29) is 14.6 Å². The lowest BCUT2D eigenvalue weighted by molar-refractivity contribution is 0.102. The van der Waals surface area contributed by atoms with Crippen LogP contribution in [-0.4, -0.2) is 34.7 Å². The number of carbonyl (C=O) groups is 1. The van der Waals surface area contributed by atoms with E-state index in [4.69, 9.17) is 11.6 Å². The molecule has 2 N–H and O–H groups in total. The van der Waals surface area contributed by atoms with Crippen LogP contribution in [0.15, 0.2) is 58.9 Å². The van der Waals surface area contributed by atoms with Gasteiger partial charge in [-0.15, -0.1) is 20.4 Å². The molecule has 152 valence electrons. The van der Waals surface area contributed by atoms with Gasteiger partial charge in [-0.3, -0.25) is 14.8 Å². The molecule has 9 nitrogen and oxygen atoms in total. The van der Waals surface area contributed by atoms with E-state index in [0.717, 1.165) is 16.9 Å². The lowest BCUT2D eigenvalue weighted by Crippen LogP contribution is -2.12. The van der Waals surface area contributed by atoms with Gasteiger partial charge >= 0.3 is 0 Å². The van der Waals surface area contributed by atoms with Crippen LogP contribution >= 0.6 is 34.3 Å². The van der Waals surface area contributed by atoms with Crippen LogP contribution < -0.4 is 10.0 Å². The molecule has 0 bridgehead atoms. The third-order valence-corrected chi connectivity index (χ3v) is 7.44. The largest absolute Gasteiger partial charge is 0.296 e. The Balaban J connectivity index is 1.46. The lowest BCUT2D eigenvalue weighted by atomic mass is 10.2. The second kappa shape index (κ2) is 8.44. The van der Waals surface area contributed by atoms with Crippen molar-refractivity contribution in [1.82, 2.24) is 20.4 Å². The van der Waals surface area contributed by atoms with E-state index < -0.39 is 15.9 Å². The Morgan fingerprint density at radius 1 is 0.867 bits per heavy atom. The van der Waals surface area contributed by atoms with Crippen molar-refractivity contribution in [3.63, 3.8) is 0 Å². The van der Waals surface area contributed by atoms with Gasteiger partial charge in [0.2, 0.25) is 10.3 Å². The summed E-state index contributed by atoms with van der Waals surface area (Å²) in [5, 5.41) is 18.9. The third-order valence-electron chi connectivity index (χ3n) is 3.63. The molecule has 0 aliphatic heterocycles. The number of nitrogens with zero attached hydrogens (tertiary/aromatic N) is 4. The van der Waals surface area contributed by atoms with E-state index >= 15 is 0 Å². The van der Waals surface area contributed by atoms with Crippen molar-refractivity contribution in [2.45, 2.75) is 4.34 Å². The smallest absolute Gasteiger partial charge is 0.293 e. The molecule has 0 aliphatic carbocycles. The van der Waals surface area contributed by atoms with Crippen LogP contribution in [0.1, 0.15) is 10.4 Å². The maximum atomic E-state index is 12.6. The van der Waals surface area contributed by atoms with Gasteiger partial charge < -0.3 is 0 Å². The van der Waals surface area contributed by atoms with Gasteiger partial charge in [0.1, 0.15) is 5.01 Å². The van der Waals surface area contributed by atoms with Crippen molar-refractivity contribution in [2.24, 2.45) is 0 Å². The van der Waals surface area contributed by atoms with Crippen molar-refractivity contribution in [1.29, 1.82) is 0 Å². The predicted molar refractivity (Wildman–Crippen MR) is 115 cm³/mol. The number of carbonyl (C=O) groups excluding carboxylic acids is 1. The second-order valence-electron chi connectivity index (χ2n) is 5.72. The van der Waals surface area contributed by atoms with Crippen molar-refractivity contribution < 1.29 is 13.2 Å². The number of sulfonamides is 1. The fourth-order valence-electron chi connectivity index (χ4n) is 2.26. The summed E-state index contributed by atoms with van der Waals surface area (Å²) < 4.78 is 27.1. The zero-order valence-electron chi connectivity index (χ0n) is 14.8. The molecule has 13 heteroatoms. The number of hydrogen-bond acceptors (Lipinski definition) is 9. The van der Waals surface area contributed by atoms with Crippen LogP contribution in [0.2, 0.25) is 5.02 Å². The van der Waals surface area contributed by atoms with E-state index in [0.29, 0.717) is 26.9 Å². The average Bonchev–Trinajstić information content (AvgIpc) is 3.39. The summed E-state index contributed by atoms with van der Waals surface area (Å²) in [5.74, 6) is -0.462. The fourth-order valence-corrected chi connectivity index (χ4v) is 5.26. The SMILES string of the molecule is O=C(Nc1nnc(S(=O)(=O)Nc2nnc(-c3ccccc3)s2)s1)c1ccc(Cl)cc1. The molecule has 30 heavy (non-hydrogen) atoms. The number of nitrogens with one attached hydrogen (secondary N) is 2. The molecule has 0 saturated heterocycles. The first kappa shape index (κ1) is 20.3. The first-order chi connectivity index (χ1) is 14.4. The normalized spacial score (nSPS) is 11.2. The van der Waals surface area contributed by atoms with E-state index in [1.54, 1.807) is 12.1 Å². The highest BCUT2D eigenvalue weighted by Gasteiger charge is 2.23. The maximum absolute atomic E-state index is 12.6. The Hall–Kier alpha value is -2.93. The summed E-state index contributed by atoms with van der Waals surface area (Å²) in [6.45, 7) is 0. The topological polar surface area (TPSA) is 127 Å². The van der Waals surface area contributed by atoms with Crippen LogP contribution in [-0.2, 0) is 10.0 Å².